The summed E-state index contributed by atoms with van der Waals surface area (Å²) in [7, 11) is 1.71. The number of halogens is 2. The minimum Gasteiger partial charge on any atom is -0.382 e. The number of hydrogen-bond acceptors (Lipinski definition) is 4. The van der Waals surface area contributed by atoms with Crippen molar-refractivity contribution in [3.8, 4) is 0 Å². The zero-order valence-electron chi connectivity index (χ0n) is 18.9. The van der Waals surface area contributed by atoms with Gasteiger partial charge in [-0.1, -0.05) is 23.7 Å². The van der Waals surface area contributed by atoms with Crippen LogP contribution < -0.4 is 5.32 Å². The molecule has 6 nitrogen and oxygen atoms in total. The molecule has 0 spiro atoms. The second kappa shape index (κ2) is 14.5. The van der Waals surface area contributed by atoms with Crippen molar-refractivity contribution in [2.45, 2.75) is 32.2 Å². The predicted octanol–water partition coefficient (Wildman–Crippen LogP) is 4.05. The molecule has 1 N–H and O–H groups in total. The van der Waals surface area contributed by atoms with Crippen molar-refractivity contribution < 1.29 is 9.47 Å². The van der Waals surface area contributed by atoms with Crippen LogP contribution in [0, 0.1) is 5.92 Å². The Hall–Kier alpha value is -0.610. The zero-order valence-corrected chi connectivity index (χ0v) is 22.0. The van der Waals surface area contributed by atoms with Gasteiger partial charge in [0.15, 0.2) is 5.96 Å². The van der Waals surface area contributed by atoms with Gasteiger partial charge in [-0.2, -0.15) is 0 Å². The van der Waals surface area contributed by atoms with E-state index in [9.17, 15) is 0 Å². The summed E-state index contributed by atoms with van der Waals surface area (Å²) in [5.74, 6) is 1.57. The van der Waals surface area contributed by atoms with Crippen molar-refractivity contribution in [2.24, 2.45) is 10.9 Å². The second-order valence-corrected chi connectivity index (χ2v) is 8.61. The van der Waals surface area contributed by atoms with Gasteiger partial charge in [0.2, 0.25) is 0 Å². The number of ether oxygens (including phenoxy) is 2. The Balaban J connectivity index is 0.00000341. The van der Waals surface area contributed by atoms with Gasteiger partial charge in [0.05, 0.1) is 32.4 Å². The minimum absolute atomic E-state index is 0. The molecule has 0 bridgehead atoms. The van der Waals surface area contributed by atoms with E-state index in [1.165, 1.54) is 18.4 Å². The molecule has 3 rings (SSSR count). The molecule has 2 aliphatic heterocycles. The van der Waals surface area contributed by atoms with Gasteiger partial charge in [-0.05, 0) is 57.0 Å². The van der Waals surface area contributed by atoms with E-state index < -0.39 is 0 Å². The maximum atomic E-state index is 6.29. The number of nitrogens with zero attached hydrogens (tertiary/aromatic N) is 3. The summed E-state index contributed by atoms with van der Waals surface area (Å²) in [6, 6.07) is 8.54. The maximum absolute atomic E-state index is 6.29. The van der Waals surface area contributed by atoms with Gasteiger partial charge in [-0.3, -0.25) is 9.89 Å². The summed E-state index contributed by atoms with van der Waals surface area (Å²) in [6.07, 6.45) is 3.66. The van der Waals surface area contributed by atoms with Crippen molar-refractivity contribution in [3.05, 3.63) is 34.9 Å². The summed E-state index contributed by atoms with van der Waals surface area (Å²) in [4.78, 5) is 10.0. The lowest BCUT2D eigenvalue weighted by molar-refractivity contribution is 0.0536. The summed E-state index contributed by atoms with van der Waals surface area (Å²) in [5, 5.41) is 4.30. The van der Waals surface area contributed by atoms with Gasteiger partial charge in [-0.15, -0.1) is 24.0 Å². The third kappa shape index (κ3) is 8.35. The molecular weight excluding hydrogens is 527 g/mol. The average Bonchev–Trinajstić information content (AvgIpc) is 3.43. The van der Waals surface area contributed by atoms with Gasteiger partial charge in [0.25, 0.3) is 0 Å². The van der Waals surface area contributed by atoms with E-state index in [0.29, 0.717) is 19.1 Å². The molecule has 31 heavy (non-hydrogen) atoms. The van der Waals surface area contributed by atoms with E-state index >= 15 is 0 Å². The van der Waals surface area contributed by atoms with Crippen LogP contribution >= 0.6 is 35.6 Å². The van der Waals surface area contributed by atoms with Gasteiger partial charge in [0.1, 0.15) is 0 Å². The van der Waals surface area contributed by atoms with E-state index in [0.717, 1.165) is 63.3 Å². The molecule has 2 atom stereocenters. The van der Waals surface area contributed by atoms with Gasteiger partial charge >= 0.3 is 0 Å². The third-order valence-electron chi connectivity index (χ3n) is 5.93. The fourth-order valence-corrected chi connectivity index (χ4v) is 4.55. The lowest BCUT2D eigenvalue weighted by atomic mass is 10.1. The fourth-order valence-electron chi connectivity index (χ4n) is 4.35. The zero-order chi connectivity index (χ0) is 21.2. The SMILES string of the molecule is CCNC(=NCC(c1cccc(Cl)c1)N1CCCC1)N1CCC(COCCOC)C1.I. The molecule has 0 radical (unpaired) electrons. The van der Waals surface area contributed by atoms with Crippen LogP contribution in [-0.4, -0.2) is 82.0 Å². The molecule has 2 fully saturated rings. The molecule has 2 saturated heterocycles. The molecule has 2 aliphatic rings. The first-order valence-corrected chi connectivity index (χ1v) is 11.7. The quantitative estimate of drug-likeness (QED) is 0.201. The van der Waals surface area contributed by atoms with E-state index in [2.05, 4.69) is 34.2 Å². The number of benzene rings is 1. The van der Waals surface area contributed by atoms with Crippen molar-refractivity contribution in [1.82, 2.24) is 15.1 Å². The summed E-state index contributed by atoms with van der Waals surface area (Å²) >= 11 is 6.29. The molecule has 0 amide bonds. The smallest absolute Gasteiger partial charge is 0.193 e. The van der Waals surface area contributed by atoms with Crippen LogP contribution in [0.3, 0.4) is 0 Å². The molecule has 2 heterocycles. The monoisotopic (exact) mass is 564 g/mol. The van der Waals surface area contributed by atoms with E-state index in [-0.39, 0.29) is 30.0 Å². The molecule has 0 aliphatic carbocycles. The first-order chi connectivity index (χ1) is 14.7. The third-order valence-corrected chi connectivity index (χ3v) is 6.17. The van der Waals surface area contributed by atoms with Crippen LogP contribution in [0.4, 0.5) is 0 Å². The molecule has 1 aromatic carbocycles. The van der Waals surface area contributed by atoms with E-state index in [1.807, 2.05) is 12.1 Å². The minimum atomic E-state index is 0. The highest BCUT2D eigenvalue weighted by Crippen LogP contribution is 2.27. The van der Waals surface area contributed by atoms with Gasteiger partial charge < -0.3 is 19.7 Å². The Kier molecular flexibility index (Phi) is 12.5. The van der Waals surface area contributed by atoms with Crippen molar-refractivity contribution in [1.29, 1.82) is 0 Å². The first-order valence-electron chi connectivity index (χ1n) is 11.3. The average molecular weight is 565 g/mol. The topological polar surface area (TPSA) is 49.3 Å². The van der Waals surface area contributed by atoms with Crippen LogP contribution in [0.25, 0.3) is 0 Å². The van der Waals surface area contributed by atoms with Crippen molar-refractivity contribution in [2.75, 3.05) is 66.2 Å². The number of guanidine groups is 1. The summed E-state index contributed by atoms with van der Waals surface area (Å²) in [5.41, 5.74) is 1.26. The van der Waals surface area contributed by atoms with Gasteiger partial charge in [-0.25, -0.2) is 0 Å². The number of hydrogen-bond donors (Lipinski definition) is 1. The Morgan fingerprint density at radius 2 is 2.06 bits per heavy atom. The van der Waals surface area contributed by atoms with Crippen LogP contribution in [-0.2, 0) is 9.47 Å². The highest BCUT2D eigenvalue weighted by atomic mass is 127. The molecule has 8 heteroatoms. The molecule has 0 aromatic heterocycles. The lowest BCUT2D eigenvalue weighted by Crippen LogP contribution is -2.41. The first kappa shape index (κ1) is 26.6. The maximum Gasteiger partial charge on any atom is 0.193 e. The molecular formula is C23H38ClIN4O2. The highest BCUT2D eigenvalue weighted by Gasteiger charge is 2.27. The Morgan fingerprint density at radius 1 is 1.26 bits per heavy atom. The van der Waals surface area contributed by atoms with Crippen molar-refractivity contribution in [3.63, 3.8) is 0 Å². The van der Waals surface area contributed by atoms with Crippen LogP contribution in [0.15, 0.2) is 29.3 Å². The number of methoxy groups -OCH3 is 1. The fraction of sp³-hybridized carbons (Fsp3) is 0.696. The van der Waals surface area contributed by atoms with Crippen LogP contribution in [0.5, 0.6) is 0 Å². The Bertz CT molecular complexity index is 673. The molecule has 0 saturated carbocycles. The van der Waals surface area contributed by atoms with Gasteiger partial charge in [0, 0.05) is 37.7 Å². The Morgan fingerprint density at radius 3 is 2.77 bits per heavy atom. The van der Waals surface area contributed by atoms with E-state index in [4.69, 9.17) is 26.1 Å². The molecule has 176 valence electrons. The van der Waals surface area contributed by atoms with Crippen molar-refractivity contribution >= 4 is 41.5 Å². The number of nitrogens with one attached hydrogen (secondary N) is 1. The standard InChI is InChI=1S/C23H37ClN4O2.HI/c1-3-25-23(28-12-9-19(17-28)18-30-14-13-29-2)26-16-22(27-10-4-5-11-27)20-7-6-8-21(24)15-20;/h6-8,15,19,22H,3-5,9-14,16-18H2,1-2H3,(H,25,26);1H. The highest BCUT2D eigenvalue weighted by molar-refractivity contribution is 14.0. The lowest BCUT2D eigenvalue weighted by Gasteiger charge is -2.28. The van der Waals surface area contributed by atoms with Crippen LogP contribution in [0.2, 0.25) is 5.02 Å². The predicted molar refractivity (Wildman–Crippen MR) is 139 cm³/mol. The second-order valence-electron chi connectivity index (χ2n) is 8.18. The Labute approximate surface area is 209 Å². The number of likely N-dealkylation sites (tertiary alicyclic amines) is 2. The molecule has 2 unspecified atom stereocenters. The van der Waals surface area contributed by atoms with E-state index in [1.54, 1.807) is 7.11 Å². The van der Waals surface area contributed by atoms with Crippen LogP contribution in [0.1, 0.15) is 37.8 Å². The summed E-state index contributed by atoms with van der Waals surface area (Å²) in [6.45, 7) is 10.1. The number of aliphatic imine (C=N–C) groups is 1. The largest absolute Gasteiger partial charge is 0.382 e. The summed E-state index contributed by atoms with van der Waals surface area (Å²) < 4.78 is 10.8. The number of rotatable bonds is 10. The normalized spacial score (nSPS) is 20.7. The molecule has 1 aromatic rings.